The predicted molar refractivity (Wildman–Crippen MR) is 92.6 cm³/mol. The quantitative estimate of drug-likeness (QED) is 0.663. The molecule has 0 saturated carbocycles. The number of fused-ring (bicyclic) bond motifs is 1. The molecule has 3 rings (SSSR count). The molecule has 0 spiro atoms. The number of halogens is 1. The van der Waals surface area contributed by atoms with E-state index in [1.807, 2.05) is 16.8 Å². The van der Waals surface area contributed by atoms with Gasteiger partial charge >= 0.3 is 0 Å². The SMILES string of the molecule is COc1cnc(Cn2ccc3c(Br)nc(N)nc32)c(OC)c1OC. The standard InChI is InChI=1S/C15H16BrN5O3/c1-22-10-6-18-9(11(23-2)12(10)24-3)7-21-5-4-8-13(16)19-15(17)20-14(8)21/h4-6H,7H2,1-3H3,(H2,17,19,20). The molecule has 0 fully saturated rings. The maximum Gasteiger partial charge on any atom is 0.223 e. The zero-order chi connectivity index (χ0) is 17.3. The normalized spacial score (nSPS) is 10.8. The smallest absolute Gasteiger partial charge is 0.223 e. The highest BCUT2D eigenvalue weighted by atomic mass is 79.9. The van der Waals surface area contributed by atoms with Crippen LogP contribution in [0.2, 0.25) is 0 Å². The zero-order valence-electron chi connectivity index (χ0n) is 13.4. The molecule has 0 aliphatic carbocycles. The van der Waals surface area contributed by atoms with Crippen LogP contribution in [0, 0.1) is 0 Å². The molecule has 0 saturated heterocycles. The van der Waals surface area contributed by atoms with Crippen LogP contribution in [0.3, 0.4) is 0 Å². The van der Waals surface area contributed by atoms with Crippen LogP contribution in [0.5, 0.6) is 17.2 Å². The molecule has 0 atom stereocenters. The van der Waals surface area contributed by atoms with E-state index in [9.17, 15) is 0 Å². The van der Waals surface area contributed by atoms with Gasteiger partial charge in [0.05, 0.1) is 39.5 Å². The van der Waals surface area contributed by atoms with E-state index in [1.54, 1.807) is 27.5 Å². The molecule has 0 bridgehead atoms. The first-order chi connectivity index (χ1) is 11.6. The monoisotopic (exact) mass is 393 g/mol. The number of aromatic nitrogens is 4. The van der Waals surface area contributed by atoms with Gasteiger partial charge in [0, 0.05) is 6.20 Å². The average Bonchev–Trinajstić information content (AvgIpc) is 2.97. The molecule has 0 unspecified atom stereocenters. The van der Waals surface area contributed by atoms with Crippen molar-refractivity contribution in [1.82, 2.24) is 19.5 Å². The Labute approximate surface area is 146 Å². The molecule has 3 aromatic rings. The second kappa shape index (κ2) is 6.52. The molecular weight excluding hydrogens is 378 g/mol. The van der Waals surface area contributed by atoms with Crippen molar-refractivity contribution < 1.29 is 14.2 Å². The number of rotatable bonds is 5. The summed E-state index contributed by atoms with van der Waals surface area (Å²) >= 11 is 3.39. The summed E-state index contributed by atoms with van der Waals surface area (Å²) in [6, 6.07) is 1.91. The number of nitrogen functional groups attached to an aromatic ring is 1. The van der Waals surface area contributed by atoms with Gasteiger partial charge in [-0.15, -0.1) is 0 Å². The summed E-state index contributed by atoms with van der Waals surface area (Å²) in [5, 5.41) is 0.864. The van der Waals surface area contributed by atoms with Crippen LogP contribution in [-0.2, 0) is 6.54 Å². The number of methoxy groups -OCH3 is 3. The van der Waals surface area contributed by atoms with Crippen molar-refractivity contribution in [2.45, 2.75) is 6.54 Å². The summed E-state index contributed by atoms with van der Waals surface area (Å²) in [5.41, 5.74) is 7.13. The van der Waals surface area contributed by atoms with Gasteiger partial charge in [0.1, 0.15) is 15.9 Å². The van der Waals surface area contributed by atoms with Crippen molar-refractivity contribution in [3.8, 4) is 17.2 Å². The molecule has 0 aromatic carbocycles. The topological polar surface area (TPSA) is 97.3 Å². The van der Waals surface area contributed by atoms with Gasteiger partial charge < -0.3 is 24.5 Å². The summed E-state index contributed by atoms with van der Waals surface area (Å²) in [5.74, 6) is 1.71. The van der Waals surface area contributed by atoms with Crippen LogP contribution >= 0.6 is 15.9 Å². The third-order valence-electron chi connectivity index (χ3n) is 3.57. The highest BCUT2D eigenvalue weighted by Crippen LogP contribution is 2.38. The van der Waals surface area contributed by atoms with Crippen molar-refractivity contribution in [3.63, 3.8) is 0 Å². The first-order valence-electron chi connectivity index (χ1n) is 7.00. The molecule has 0 aliphatic heterocycles. The zero-order valence-corrected chi connectivity index (χ0v) is 15.0. The highest BCUT2D eigenvalue weighted by Gasteiger charge is 2.18. The number of hydrogen-bond donors (Lipinski definition) is 1. The van der Waals surface area contributed by atoms with Crippen LogP contribution in [-0.4, -0.2) is 40.8 Å². The number of nitrogens with zero attached hydrogens (tertiary/aromatic N) is 4. The van der Waals surface area contributed by atoms with E-state index in [0.717, 1.165) is 5.39 Å². The first-order valence-corrected chi connectivity index (χ1v) is 7.80. The Kier molecular flexibility index (Phi) is 4.43. The summed E-state index contributed by atoms with van der Waals surface area (Å²) in [4.78, 5) is 12.8. The van der Waals surface area contributed by atoms with Gasteiger partial charge in [-0.3, -0.25) is 4.98 Å². The minimum Gasteiger partial charge on any atom is -0.491 e. The molecule has 8 nitrogen and oxygen atoms in total. The van der Waals surface area contributed by atoms with E-state index in [0.29, 0.717) is 39.7 Å². The summed E-state index contributed by atoms with van der Waals surface area (Å²) < 4.78 is 18.7. The molecule has 3 aromatic heterocycles. The van der Waals surface area contributed by atoms with Crippen LogP contribution < -0.4 is 19.9 Å². The summed E-state index contributed by atoms with van der Waals surface area (Å²) in [7, 11) is 4.67. The van der Waals surface area contributed by atoms with Crippen LogP contribution in [0.4, 0.5) is 5.95 Å². The molecule has 24 heavy (non-hydrogen) atoms. The predicted octanol–water partition coefficient (Wildman–Crippen LogP) is 2.25. The number of hydrogen-bond acceptors (Lipinski definition) is 7. The lowest BCUT2D eigenvalue weighted by Crippen LogP contribution is -2.07. The maximum atomic E-state index is 5.74. The Hall–Kier alpha value is -2.55. The third-order valence-corrected chi connectivity index (χ3v) is 4.17. The van der Waals surface area contributed by atoms with Crippen molar-refractivity contribution in [3.05, 3.63) is 28.8 Å². The average molecular weight is 394 g/mol. The van der Waals surface area contributed by atoms with Gasteiger partial charge in [0.2, 0.25) is 11.7 Å². The van der Waals surface area contributed by atoms with Gasteiger partial charge in [-0.05, 0) is 22.0 Å². The fraction of sp³-hybridized carbons (Fsp3) is 0.267. The molecule has 0 radical (unpaired) electrons. The lowest BCUT2D eigenvalue weighted by Gasteiger charge is -2.15. The van der Waals surface area contributed by atoms with E-state index in [-0.39, 0.29) is 5.95 Å². The molecule has 126 valence electrons. The number of nitrogens with two attached hydrogens (primary N) is 1. The van der Waals surface area contributed by atoms with Gasteiger partial charge in [-0.1, -0.05) is 0 Å². The molecule has 3 heterocycles. The van der Waals surface area contributed by atoms with Crippen molar-refractivity contribution in [1.29, 1.82) is 0 Å². The number of anilines is 1. The molecule has 0 aliphatic rings. The van der Waals surface area contributed by atoms with E-state index < -0.39 is 0 Å². The second-order valence-corrected chi connectivity index (χ2v) is 5.64. The molecule has 9 heteroatoms. The van der Waals surface area contributed by atoms with Gasteiger partial charge in [-0.2, -0.15) is 4.98 Å². The first kappa shape index (κ1) is 16.3. The summed E-state index contributed by atoms with van der Waals surface area (Å²) in [6.07, 6.45) is 3.49. The Morgan fingerprint density at radius 3 is 2.54 bits per heavy atom. The van der Waals surface area contributed by atoms with E-state index >= 15 is 0 Å². The van der Waals surface area contributed by atoms with Gasteiger partial charge in [0.25, 0.3) is 0 Å². The Morgan fingerprint density at radius 1 is 1.12 bits per heavy atom. The fourth-order valence-corrected chi connectivity index (χ4v) is 2.98. The van der Waals surface area contributed by atoms with Crippen LogP contribution in [0.25, 0.3) is 11.0 Å². The Bertz CT molecular complexity index is 896. The lowest BCUT2D eigenvalue weighted by atomic mass is 10.2. The Balaban J connectivity index is 2.09. The van der Waals surface area contributed by atoms with E-state index in [4.69, 9.17) is 19.9 Å². The minimum atomic E-state index is 0.196. The lowest BCUT2D eigenvalue weighted by molar-refractivity contribution is 0.318. The van der Waals surface area contributed by atoms with Gasteiger partial charge in [0.15, 0.2) is 11.5 Å². The van der Waals surface area contributed by atoms with E-state index in [1.165, 1.54) is 0 Å². The maximum absolute atomic E-state index is 5.74. The van der Waals surface area contributed by atoms with Gasteiger partial charge in [-0.25, -0.2) is 4.98 Å². The summed E-state index contributed by atoms with van der Waals surface area (Å²) in [6.45, 7) is 0.427. The Morgan fingerprint density at radius 2 is 1.88 bits per heavy atom. The van der Waals surface area contributed by atoms with Crippen LogP contribution in [0.1, 0.15) is 5.69 Å². The fourth-order valence-electron chi connectivity index (χ4n) is 2.49. The highest BCUT2D eigenvalue weighted by molar-refractivity contribution is 9.10. The van der Waals surface area contributed by atoms with Crippen molar-refractivity contribution >= 4 is 32.9 Å². The van der Waals surface area contributed by atoms with Crippen molar-refractivity contribution in [2.24, 2.45) is 0 Å². The molecule has 0 amide bonds. The third kappa shape index (κ3) is 2.71. The molecule has 2 N–H and O–H groups in total. The second-order valence-electron chi connectivity index (χ2n) is 4.89. The largest absolute Gasteiger partial charge is 0.491 e. The number of pyridine rings is 1. The molecular formula is C15H16BrN5O3. The van der Waals surface area contributed by atoms with Crippen LogP contribution in [0.15, 0.2) is 23.1 Å². The minimum absolute atomic E-state index is 0.196. The van der Waals surface area contributed by atoms with Crippen molar-refractivity contribution in [2.75, 3.05) is 27.1 Å². The number of ether oxygens (including phenoxy) is 3. The van der Waals surface area contributed by atoms with E-state index in [2.05, 4.69) is 30.9 Å².